The van der Waals surface area contributed by atoms with Crippen LogP contribution in [0.1, 0.15) is 45.4 Å². The van der Waals surface area contributed by atoms with Gasteiger partial charge in [-0.2, -0.15) is 0 Å². The van der Waals surface area contributed by atoms with Crippen molar-refractivity contribution in [1.82, 2.24) is 10.2 Å². The van der Waals surface area contributed by atoms with Crippen molar-refractivity contribution in [1.29, 1.82) is 0 Å². The zero-order valence-corrected chi connectivity index (χ0v) is 11.6. The number of piperidine rings is 1. The lowest BCUT2D eigenvalue weighted by molar-refractivity contribution is -0.147. The molecule has 2 atom stereocenters. The minimum atomic E-state index is -0.913. The molecule has 1 saturated heterocycles. The first-order chi connectivity index (χ1) is 9.08. The lowest BCUT2D eigenvalue weighted by atomic mass is 9.93. The summed E-state index contributed by atoms with van der Waals surface area (Å²) < 4.78 is 0. The second-order valence-electron chi connectivity index (χ2n) is 5.93. The normalized spacial score (nSPS) is 28.3. The average Bonchev–Trinajstić information content (AvgIpc) is 2.88. The lowest BCUT2D eigenvalue weighted by Gasteiger charge is -2.34. The molecule has 2 fully saturated rings. The summed E-state index contributed by atoms with van der Waals surface area (Å²) >= 11 is 0. The molecule has 1 saturated carbocycles. The summed E-state index contributed by atoms with van der Waals surface area (Å²) in [5.74, 6) is -0.393. The van der Waals surface area contributed by atoms with Gasteiger partial charge in [0.25, 0.3) is 0 Å². The summed E-state index contributed by atoms with van der Waals surface area (Å²) in [6.07, 6.45) is 6.00. The van der Waals surface area contributed by atoms with Crippen LogP contribution in [0, 0.1) is 5.92 Å². The molecule has 108 valence electrons. The Balaban J connectivity index is 2.03. The highest BCUT2D eigenvalue weighted by Crippen LogP contribution is 2.25. The van der Waals surface area contributed by atoms with Gasteiger partial charge in [-0.25, -0.2) is 0 Å². The van der Waals surface area contributed by atoms with Gasteiger partial charge in [-0.05, 0) is 38.1 Å². The third kappa shape index (κ3) is 3.69. The molecule has 2 aliphatic rings. The van der Waals surface area contributed by atoms with Gasteiger partial charge >= 0.3 is 5.97 Å². The molecule has 5 nitrogen and oxygen atoms in total. The van der Waals surface area contributed by atoms with E-state index in [0.717, 1.165) is 45.1 Å². The molecular formula is C14H24N2O3. The molecule has 1 aliphatic heterocycles. The predicted molar refractivity (Wildman–Crippen MR) is 71.8 cm³/mol. The fourth-order valence-corrected chi connectivity index (χ4v) is 3.24. The van der Waals surface area contributed by atoms with E-state index >= 15 is 0 Å². The molecule has 19 heavy (non-hydrogen) atoms. The van der Waals surface area contributed by atoms with E-state index in [9.17, 15) is 9.59 Å². The van der Waals surface area contributed by atoms with Crippen LogP contribution >= 0.6 is 0 Å². The molecule has 2 unspecified atom stereocenters. The molecule has 0 aromatic heterocycles. The van der Waals surface area contributed by atoms with Crippen LogP contribution in [-0.2, 0) is 9.59 Å². The van der Waals surface area contributed by atoms with E-state index < -0.39 is 5.97 Å². The number of carboxylic acid groups (broad SMARTS) is 1. The van der Waals surface area contributed by atoms with Gasteiger partial charge in [-0.15, -0.1) is 0 Å². The van der Waals surface area contributed by atoms with Crippen LogP contribution < -0.4 is 5.32 Å². The van der Waals surface area contributed by atoms with Crippen LogP contribution in [0.15, 0.2) is 0 Å². The Morgan fingerprint density at radius 3 is 2.53 bits per heavy atom. The number of carbonyl (C=O) groups excluding carboxylic acids is 1. The first kappa shape index (κ1) is 14.3. The Bertz CT molecular complexity index is 340. The van der Waals surface area contributed by atoms with Gasteiger partial charge in [0.15, 0.2) is 0 Å². The van der Waals surface area contributed by atoms with Crippen molar-refractivity contribution in [3.05, 3.63) is 0 Å². The Labute approximate surface area is 114 Å². The molecule has 0 aromatic carbocycles. The van der Waals surface area contributed by atoms with Crippen molar-refractivity contribution in [2.24, 2.45) is 5.92 Å². The van der Waals surface area contributed by atoms with Crippen molar-refractivity contribution in [3.8, 4) is 0 Å². The molecule has 2 rings (SSSR count). The zero-order valence-electron chi connectivity index (χ0n) is 11.6. The van der Waals surface area contributed by atoms with E-state index in [1.807, 2.05) is 0 Å². The van der Waals surface area contributed by atoms with E-state index in [-0.39, 0.29) is 24.5 Å². The third-order valence-corrected chi connectivity index (χ3v) is 4.32. The highest BCUT2D eigenvalue weighted by atomic mass is 16.4. The molecule has 0 aromatic rings. The highest BCUT2D eigenvalue weighted by Gasteiger charge is 2.34. The molecule has 0 radical (unpaired) electrons. The van der Waals surface area contributed by atoms with Gasteiger partial charge in [0.1, 0.15) is 6.54 Å². The monoisotopic (exact) mass is 268 g/mol. The third-order valence-electron chi connectivity index (χ3n) is 4.32. The minimum Gasteiger partial charge on any atom is -0.480 e. The number of amides is 1. The van der Waals surface area contributed by atoms with E-state index in [1.165, 1.54) is 0 Å². The minimum absolute atomic E-state index is 0.0131. The SMILES string of the molecule is CC1CCNC(C(=O)N(CC(=O)O)C2CCCC2)C1. The Hall–Kier alpha value is -1.10. The number of rotatable bonds is 4. The summed E-state index contributed by atoms with van der Waals surface area (Å²) in [5.41, 5.74) is 0. The Morgan fingerprint density at radius 1 is 1.26 bits per heavy atom. The zero-order chi connectivity index (χ0) is 13.8. The lowest BCUT2D eigenvalue weighted by Crippen LogP contribution is -2.53. The van der Waals surface area contributed by atoms with Crippen LogP contribution in [-0.4, -0.2) is 47.1 Å². The molecule has 0 bridgehead atoms. The average molecular weight is 268 g/mol. The standard InChI is InChI=1S/C14H24N2O3/c1-10-6-7-15-12(8-10)14(19)16(9-13(17)18)11-4-2-3-5-11/h10-12,15H,2-9H2,1H3,(H,17,18). The maximum Gasteiger partial charge on any atom is 0.323 e. The molecule has 0 spiro atoms. The highest BCUT2D eigenvalue weighted by molar-refractivity contribution is 5.85. The second kappa shape index (κ2) is 6.37. The smallest absolute Gasteiger partial charge is 0.323 e. The predicted octanol–water partition coefficient (Wildman–Crippen LogP) is 1.23. The van der Waals surface area contributed by atoms with Gasteiger partial charge in [0.2, 0.25) is 5.91 Å². The van der Waals surface area contributed by atoms with Crippen LogP contribution in [0.25, 0.3) is 0 Å². The van der Waals surface area contributed by atoms with Gasteiger partial charge in [0.05, 0.1) is 6.04 Å². The van der Waals surface area contributed by atoms with Gasteiger partial charge < -0.3 is 15.3 Å². The van der Waals surface area contributed by atoms with Gasteiger partial charge in [0, 0.05) is 6.04 Å². The number of hydrogen-bond donors (Lipinski definition) is 2. The van der Waals surface area contributed by atoms with Crippen LogP contribution in [0.5, 0.6) is 0 Å². The Morgan fingerprint density at radius 2 is 1.95 bits per heavy atom. The van der Waals surface area contributed by atoms with Crippen LogP contribution in [0.2, 0.25) is 0 Å². The van der Waals surface area contributed by atoms with Gasteiger partial charge in [-0.1, -0.05) is 19.8 Å². The maximum atomic E-state index is 12.6. The number of carboxylic acids is 1. The van der Waals surface area contributed by atoms with E-state index in [1.54, 1.807) is 4.90 Å². The number of carbonyl (C=O) groups is 2. The largest absolute Gasteiger partial charge is 0.480 e. The Kier molecular flexibility index (Phi) is 4.80. The van der Waals surface area contributed by atoms with Crippen LogP contribution in [0.3, 0.4) is 0 Å². The molecule has 1 amide bonds. The van der Waals surface area contributed by atoms with Gasteiger partial charge in [-0.3, -0.25) is 9.59 Å². The number of hydrogen-bond acceptors (Lipinski definition) is 3. The molecule has 2 N–H and O–H groups in total. The quantitative estimate of drug-likeness (QED) is 0.804. The summed E-state index contributed by atoms with van der Waals surface area (Å²) in [6, 6.07) is -0.0636. The van der Waals surface area contributed by atoms with Crippen molar-refractivity contribution < 1.29 is 14.7 Å². The first-order valence-corrected chi connectivity index (χ1v) is 7.33. The van der Waals surface area contributed by atoms with E-state index in [4.69, 9.17) is 5.11 Å². The second-order valence-corrected chi connectivity index (χ2v) is 5.93. The number of nitrogens with one attached hydrogen (secondary N) is 1. The van der Waals surface area contributed by atoms with Crippen LogP contribution in [0.4, 0.5) is 0 Å². The van der Waals surface area contributed by atoms with E-state index in [2.05, 4.69) is 12.2 Å². The summed E-state index contributed by atoms with van der Waals surface area (Å²) in [6.45, 7) is 2.84. The van der Waals surface area contributed by atoms with Crippen molar-refractivity contribution in [3.63, 3.8) is 0 Å². The fourth-order valence-electron chi connectivity index (χ4n) is 3.24. The number of nitrogens with zero attached hydrogens (tertiary/aromatic N) is 1. The topological polar surface area (TPSA) is 69.6 Å². The van der Waals surface area contributed by atoms with Crippen molar-refractivity contribution in [2.75, 3.05) is 13.1 Å². The summed E-state index contributed by atoms with van der Waals surface area (Å²) in [7, 11) is 0. The summed E-state index contributed by atoms with van der Waals surface area (Å²) in [4.78, 5) is 25.2. The molecular weight excluding hydrogens is 244 g/mol. The molecule has 5 heteroatoms. The fraction of sp³-hybridized carbons (Fsp3) is 0.857. The first-order valence-electron chi connectivity index (χ1n) is 7.33. The molecule has 1 heterocycles. The van der Waals surface area contributed by atoms with E-state index in [0.29, 0.717) is 5.92 Å². The van der Waals surface area contributed by atoms with Crippen molar-refractivity contribution >= 4 is 11.9 Å². The molecule has 1 aliphatic carbocycles. The maximum absolute atomic E-state index is 12.6. The number of aliphatic carboxylic acids is 1. The van der Waals surface area contributed by atoms with Crippen molar-refractivity contribution in [2.45, 2.75) is 57.5 Å². The summed E-state index contributed by atoms with van der Waals surface area (Å²) in [5, 5.41) is 12.3.